The molecule has 0 aromatic heterocycles. The van der Waals surface area contributed by atoms with Crippen molar-refractivity contribution in [2.24, 2.45) is 5.92 Å². The highest BCUT2D eigenvalue weighted by atomic mass is 16.3. The molecule has 3 nitrogen and oxygen atoms in total. The lowest BCUT2D eigenvalue weighted by atomic mass is 10.0. The van der Waals surface area contributed by atoms with Crippen LogP contribution in [0.25, 0.3) is 0 Å². The number of carbonyl (C=O) groups excluding carboxylic acids is 1. The molecular weight excluding hydrogens is 166 g/mol. The zero-order valence-corrected chi connectivity index (χ0v) is 8.92. The lowest BCUT2D eigenvalue weighted by Gasteiger charge is -2.23. The smallest absolute Gasteiger partial charge is 0.227 e. The Morgan fingerprint density at radius 1 is 1.31 bits per heavy atom. The van der Waals surface area contributed by atoms with Gasteiger partial charge in [0.2, 0.25) is 5.91 Å². The Hall–Kier alpha value is -0.570. The molecule has 0 saturated heterocycles. The monoisotopic (exact) mass is 187 g/mol. The first-order valence-electron chi connectivity index (χ1n) is 5.10. The quantitative estimate of drug-likeness (QED) is 0.680. The highest BCUT2D eigenvalue weighted by Crippen LogP contribution is 2.09. The molecule has 1 amide bonds. The molecule has 0 saturated carbocycles. The number of amides is 1. The van der Waals surface area contributed by atoms with Crippen molar-refractivity contribution >= 4 is 5.91 Å². The lowest BCUT2D eigenvalue weighted by Crippen LogP contribution is -2.37. The number of carbonyl (C=O) groups is 1. The summed E-state index contributed by atoms with van der Waals surface area (Å²) in [6.45, 7) is 7.38. The summed E-state index contributed by atoms with van der Waals surface area (Å²) in [4.78, 5) is 13.5. The summed E-state index contributed by atoms with van der Waals surface area (Å²) in [5.41, 5.74) is 0. The van der Waals surface area contributed by atoms with Gasteiger partial charge in [-0.3, -0.25) is 4.79 Å². The summed E-state index contributed by atoms with van der Waals surface area (Å²) < 4.78 is 0. The summed E-state index contributed by atoms with van der Waals surface area (Å²) >= 11 is 0. The fourth-order valence-corrected chi connectivity index (χ4v) is 1.43. The molecule has 0 aromatic carbocycles. The van der Waals surface area contributed by atoms with E-state index < -0.39 is 0 Å². The van der Waals surface area contributed by atoms with Gasteiger partial charge in [-0.15, -0.1) is 0 Å². The van der Waals surface area contributed by atoms with Gasteiger partial charge in [0.15, 0.2) is 0 Å². The van der Waals surface area contributed by atoms with Gasteiger partial charge < -0.3 is 10.0 Å². The van der Waals surface area contributed by atoms with E-state index in [9.17, 15) is 4.79 Å². The normalized spacial score (nSPS) is 12.6. The second-order valence-corrected chi connectivity index (χ2v) is 3.18. The van der Waals surface area contributed by atoms with E-state index in [0.717, 1.165) is 25.9 Å². The Morgan fingerprint density at radius 2 is 1.85 bits per heavy atom. The molecule has 1 N–H and O–H groups in total. The van der Waals surface area contributed by atoms with E-state index in [1.165, 1.54) is 0 Å². The molecule has 0 aromatic rings. The third kappa shape index (κ3) is 3.77. The predicted octanol–water partition coefficient (Wildman–Crippen LogP) is 1.26. The van der Waals surface area contributed by atoms with E-state index in [4.69, 9.17) is 5.11 Å². The molecular formula is C10H21NO2. The second-order valence-electron chi connectivity index (χ2n) is 3.18. The van der Waals surface area contributed by atoms with Gasteiger partial charge in [0.1, 0.15) is 0 Å². The number of aliphatic hydroxyl groups is 1. The van der Waals surface area contributed by atoms with Crippen LogP contribution in [0.3, 0.4) is 0 Å². The maximum Gasteiger partial charge on any atom is 0.227 e. The van der Waals surface area contributed by atoms with Gasteiger partial charge in [0.05, 0.1) is 12.5 Å². The summed E-state index contributed by atoms with van der Waals surface area (Å²) in [6, 6.07) is 0. The Balaban J connectivity index is 4.16. The number of nitrogens with zero attached hydrogens (tertiary/aromatic N) is 1. The molecule has 13 heavy (non-hydrogen) atoms. The summed E-state index contributed by atoms with van der Waals surface area (Å²) in [5.74, 6) is -0.0979. The largest absolute Gasteiger partial charge is 0.396 e. The zero-order valence-electron chi connectivity index (χ0n) is 8.92. The number of hydrogen-bond donors (Lipinski definition) is 1. The Bertz CT molecular complexity index is 144. The molecule has 0 spiro atoms. The van der Waals surface area contributed by atoms with E-state index in [0.29, 0.717) is 0 Å². The van der Waals surface area contributed by atoms with Gasteiger partial charge in [-0.2, -0.15) is 0 Å². The third-order valence-corrected chi connectivity index (χ3v) is 2.28. The second kappa shape index (κ2) is 6.89. The Morgan fingerprint density at radius 3 is 2.15 bits per heavy atom. The van der Waals surface area contributed by atoms with Gasteiger partial charge in [0, 0.05) is 13.1 Å². The minimum absolute atomic E-state index is 0.0246. The van der Waals surface area contributed by atoms with Crippen LogP contribution in [0.4, 0.5) is 0 Å². The predicted molar refractivity (Wildman–Crippen MR) is 53.4 cm³/mol. The first-order valence-corrected chi connectivity index (χ1v) is 5.10. The van der Waals surface area contributed by atoms with Crippen molar-refractivity contribution in [3.63, 3.8) is 0 Å². The summed E-state index contributed by atoms with van der Waals surface area (Å²) in [5, 5.41) is 9.02. The lowest BCUT2D eigenvalue weighted by molar-refractivity contribution is -0.136. The van der Waals surface area contributed by atoms with Crippen molar-refractivity contribution in [2.75, 3.05) is 19.7 Å². The van der Waals surface area contributed by atoms with Crippen molar-refractivity contribution < 1.29 is 9.90 Å². The van der Waals surface area contributed by atoms with Crippen molar-refractivity contribution in [1.29, 1.82) is 0 Å². The van der Waals surface area contributed by atoms with Crippen molar-refractivity contribution in [3.05, 3.63) is 0 Å². The molecule has 0 heterocycles. The standard InChI is InChI=1S/C10H21NO2/c1-4-7-9(8-12)10(13)11(5-2)6-3/h9,12H,4-8H2,1-3H3/t9-/m1/s1. The SMILES string of the molecule is CCC[C@H](CO)C(=O)N(CC)CC. The van der Waals surface area contributed by atoms with E-state index in [1.54, 1.807) is 4.90 Å². The highest BCUT2D eigenvalue weighted by molar-refractivity contribution is 5.78. The van der Waals surface area contributed by atoms with Crippen LogP contribution < -0.4 is 0 Å². The van der Waals surface area contributed by atoms with Crippen LogP contribution in [0.2, 0.25) is 0 Å². The summed E-state index contributed by atoms with van der Waals surface area (Å²) in [6.07, 6.45) is 1.73. The van der Waals surface area contributed by atoms with Crippen LogP contribution in [0.5, 0.6) is 0 Å². The topological polar surface area (TPSA) is 40.5 Å². The summed E-state index contributed by atoms with van der Waals surface area (Å²) in [7, 11) is 0. The third-order valence-electron chi connectivity index (χ3n) is 2.28. The molecule has 1 atom stereocenters. The van der Waals surface area contributed by atoms with Gasteiger partial charge in [0.25, 0.3) is 0 Å². The zero-order chi connectivity index (χ0) is 10.3. The molecule has 78 valence electrons. The van der Waals surface area contributed by atoms with E-state index >= 15 is 0 Å². The van der Waals surface area contributed by atoms with Crippen LogP contribution in [-0.2, 0) is 4.79 Å². The number of hydrogen-bond acceptors (Lipinski definition) is 2. The molecule has 0 fully saturated rings. The Kier molecular flexibility index (Phi) is 6.59. The van der Waals surface area contributed by atoms with Crippen LogP contribution in [0, 0.1) is 5.92 Å². The molecule has 0 bridgehead atoms. The highest BCUT2D eigenvalue weighted by Gasteiger charge is 2.20. The molecule has 3 heteroatoms. The van der Waals surface area contributed by atoms with Crippen LogP contribution in [-0.4, -0.2) is 35.6 Å². The average Bonchev–Trinajstić information content (AvgIpc) is 2.15. The van der Waals surface area contributed by atoms with E-state index in [-0.39, 0.29) is 18.4 Å². The molecule has 0 aliphatic carbocycles. The minimum atomic E-state index is -0.190. The molecule has 0 radical (unpaired) electrons. The molecule has 0 unspecified atom stereocenters. The van der Waals surface area contributed by atoms with Gasteiger partial charge in [-0.05, 0) is 20.3 Å². The first kappa shape index (κ1) is 12.4. The molecule has 0 aliphatic rings. The number of aliphatic hydroxyl groups excluding tert-OH is 1. The van der Waals surface area contributed by atoms with E-state index in [2.05, 4.69) is 0 Å². The minimum Gasteiger partial charge on any atom is -0.396 e. The Labute approximate surface area is 80.7 Å². The molecule has 0 aliphatic heterocycles. The fourth-order valence-electron chi connectivity index (χ4n) is 1.43. The number of rotatable bonds is 6. The molecule has 0 rings (SSSR count). The van der Waals surface area contributed by atoms with Gasteiger partial charge >= 0.3 is 0 Å². The van der Waals surface area contributed by atoms with Crippen LogP contribution in [0.15, 0.2) is 0 Å². The maximum atomic E-state index is 11.7. The average molecular weight is 187 g/mol. The van der Waals surface area contributed by atoms with Crippen LogP contribution in [0.1, 0.15) is 33.6 Å². The van der Waals surface area contributed by atoms with E-state index in [1.807, 2.05) is 20.8 Å². The first-order chi connectivity index (χ1) is 6.21. The maximum absolute atomic E-state index is 11.7. The fraction of sp³-hybridized carbons (Fsp3) is 0.900. The van der Waals surface area contributed by atoms with Crippen molar-refractivity contribution in [3.8, 4) is 0 Å². The van der Waals surface area contributed by atoms with Gasteiger partial charge in [-0.1, -0.05) is 13.3 Å². The van der Waals surface area contributed by atoms with Gasteiger partial charge in [-0.25, -0.2) is 0 Å². The van der Waals surface area contributed by atoms with Crippen molar-refractivity contribution in [2.45, 2.75) is 33.6 Å². The van der Waals surface area contributed by atoms with Crippen LogP contribution >= 0.6 is 0 Å². The van der Waals surface area contributed by atoms with Crippen molar-refractivity contribution in [1.82, 2.24) is 4.90 Å².